The van der Waals surface area contributed by atoms with E-state index < -0.39 is 0 Å². The van der Waals surface area contributed by atoms with Gasteiger partial charge in [-0.1, -0.05) is 19.9 Å². The molecule has 17 heavy (non-hydrogen) atoms. The Kier molecular flexibility index (Phi) is 3.51. The second-order valence-electron chi connectivity index (χ2n) is 4.76. The molecular weight excluding hydrogens is 218 g/mol. The molecule has 0 aliphatic carbocycles. The molecular formula is C12H19N3O2. The van der Waals surface area contributed by atoms with Gasteiger partial charge in [-0.15, -0.1) is 0 Å². The quantitative estimate of drug-likeness (QED) is 0.304. The van der Waals surface area contributed by atoms with Crippen molar-refractivity contribution >= 4 is 0 Å². The van der Waals surface area contributed by atoms with Crippen LogP contribution in [0.1, 0.15) is 19.4 Å². The van der Waals surface area contributed by atoms with Crippen LogP contribution in [0, 0.1) is 0 Å². The van der Waals surface area contributed by atoms with Gasteiger partial charge in [0.25, 0.3) is 0 Å². The van der Waals surface area contributed by atoms with E-state index >= 15 is 0 Å². The minimum atomic E-state index is 0.0117. The van der Waals surface area contributed by atoms with Crippen LogP contribution < -0.4 is 26.1 Å². The Labute approximate surface area is 101 Å². The molecule has 0 aromatic heterocycles. The highest BCUT2D eigenvalue weighted by atomic mass is 16.7. The summed E-state index contributed by atoms with van der Waals surface area (Å²) in [4.78, 5) is 0. The van der Waals surface area contributed by atoms with E-state index in [4.69, 9.17) is 15.3 Å². The number of hydrogen-bond donors (Lipinski definition) is 3. The Morgan fingerprint density at radius 2 is 2.06 bits per heavy atom. The van der Waals surface area contributed by atoms with Crippen LogP contribution in [0.25, 0.3) is 0 Å². The molecule has 0 amide bonds. The molecule has 1 aromatic carbocycles. The number of rotatable bonds is 5. The molecule has 1 aliphatic rings. The minimum Gasteiger partial charge on any atom is -0.454 e. The van der Waals surface area contributed by atoms with Gasteiger partial charge in [-0.25, -0.2) is 5.43 Å². The lowest BCUT2D eigenvalue weighted by Gasteiger charge is -2.26. The first-order chi connectivity index (χ1) is 8.13. The highest BCUT2D eigenvalue weighted by Crippen LogP contribution is 2.36. The molecule has 5 nitrogen and oxygen atoms in total. The summed E-state index contributed by atoms with van der Waals surface area (Å²) in [5.74, 6) is 6.87. The van der Waals surface area contributed by atoms with Gasteiger partial charge in [0.2, 0.25) is 6.79 Å². The Hall–Kier alpha value is -1.30. The lowest BCUT2D eigenvalue weighted by molar-refractivity contribution is 0.174. The molecule has 0 saturated heterocycles. The second kappa shape index (κ2) is 4.91. The third-order valence-corrected chi connectivity index (χ3v) is 2.95. The smallest absolute Gasteiger partial charge is 0.231 e. The van der Waals surface area contributed by atoms with Crippen LogP contribution >= 0.6 is 0 Å². The summed E-state index contributed by atoms with van der Waals surface area (Å²) in [7, 11) is 0. The van der Waals surface area contributed by atoms with Crippen molar-refractivity contribution in [3.8, 4) is 11.5 Å². The first-order valence-electron chi connectivity index (χ1n) is 5.68. The van der Waals surface area contributed by atoms with E-state index in [1.807, 2.05) is 12.1 Å². The highest BCUT2D eigenvalue weighted by molar-refractivity contribution is 5.46. The zero-order valence-corrected chi connectivity index (χ0v) is 10.2. The maximum atomic E-state index is 5.38. The number of hydrogen-bond acceptors (Lipinski definition) is 5. The summed E-state index contributed by atoms with van der Waals surface area (Å²) >= 11 is 0. The number of fused-ring (bicyclic) bond motifs is 1. The van der Waals surface area contributed by atoms with Gasteiger partial charge in [0.15, 0.2) is 11.5 Å². The van der Waals surface area contributed by atoms with E-state index in [9.17, 15) is 0 Å². The molecule has 1 aliphatic heterocycles. The lowest BCUT2D eigenvalue weighted by Crippen LogP contribution is -2.40. The molecule has 5 heteroatoms. The van der Waals surface area contributed by atoms with Gasteiger partial charge in [0.05, 0.1) is 6.67 Å². The van der Waals surface area contributed by atoms with Gasteiger partial charge in [0.1, 0.15) is 0 Å². The Balaban J connectivity index is 2.10. The molecule has 0 atom stereocenters. The Morgan fingerprint density at radius 3 is 2.82 bits per heavy atom. The van der Waals surface area contributed by atoms with Gasteiger partial charge < -0.3 is 14.8 Å². The molecule has 4 N–H and O–H groups in total. The van der Waals surface area contributed by atoms with Gasteiger partial charge in [-0.2, -0.15) is 0 Å². The van der Waals surface area contributed by atoms with Gasteiger partial charge in [0, 0.05) is 12.0 Å². The van der Waals surface area contributed by atoms with E-state index in [-0.39, 0.29) is 5.41 Å². The lowest BCUT2D eigenvalue weighted by atomic mass is 9.84. The first kappa shape index (κ1) is 12.2. The van der Waals surface area contributed by atoms with E-state index in [1.54, 1.807) is 0 Å². The van der Waals surface area contributed by atoms with Crippen molar-refractivity contribution in [1.82, 2.24) is 10.7 Å². The average molecular weight is 237 g/mol. The molecule has 0 bridgehead atoms. The van der Waals surface area contributed by atoms with Crippen molar-refractivity contribution in [1.29, 1.82) is 0 Å². The first-order valence-corrected chi connectivity index (χ1v) is 5.68. The summed E-state index contributed by atoms with van der Waals surface area (Å²) in [6, 6.07) is 6.07. The monoisotopic (exact) mass is 237 g/mol. The largest absolute Gasteiger partial charge is 0.454 e. The van der Waals surface area contributed by atoms with Crippen molar-refractivity contribution in [2.75, 3.05) is 20.0 Å². The molecule has 0 radical (unpaired) electrons. The van der Waals surface area contributed by atoms with Crippen LogP contribution in [0.3, 0.4) is 0 Å². The van der Waals surface area contributed by atoms with Crippen LogP contribution in [0.15, 0.2) is 18.2 Å². The summed E-state index contributed by atoms with van der Waals surface area (Å²) in [6.07, 6.45) is 0. The SMILES string of the molecule is CC(C)(CNCNN)c1ccc2c(c1)OCO2. The third kappa shape index (κ3) is 2.69. The molecule has 2 rings (SSSR count). The fraction of sp³-hybridized carbons (Fsp3) is 0.500. The van der Waals surface area contributed by atoms with Gasteiger partial charge in [-0.05, 0) is 17.7 Å². The fourth-order valence-electron chi connectivity index (χ4n) is 1.87. The summed E-state index contributed by atoms with van der Waals surface area (Å²) in [5, 5.41) is 3.23. The molecule has 0 unspecified atom stereocenters. The van der Waals surface area contributed by atoms with Crippen LogP contribution in [0.2, 0.25) is 0 Å². The number of nitrogens with two attached hydrogens (primary N) is 1. The number of hydrazine groups is 1. The van der Waals surface area contributed by atoms with E-state index in [0.29, 0.717) is 13.5 Å². The average Bonchev–Trinajstić information content (AvgIpc) is 2.76. The number of ether oxygens (including phenoxy) is 2. The van der Waals surface area contributed by atoms with Gasteiger partial charge >= 0.3 is 0 Å². The minimum absolute atomic E-state index is 0.0117. The van der Waals surface area contributed by atoms with E-state index in [2.05, 4.69) is 30.7 Å². The Morgan fingerprint density at radius 1 is 1.29 bits per heavy atom. The molecule has 1 aromatic rings. The summed E-state index contributed by atoms with van der Waals surface area (Å²) < 4.78 is 10.7. The van der Waals surface area contributed by atoms with Crippen LogP contribution in [0.5, 0.6) is 11.5 Å². The van der Waals surface area contributed by atoms with Crippen LogP contribution in [0.4, 0.5) is 0 Å². The van der Waals surface area contributed by atoms with Crippen molar-refractivity contribution in [3.63, 3.8) is 0 Å². The van der Waals surface area contributed by atoms with E-state index in [0.717, 1.165) is 18.0 Å². The summed E-state index contributed by atoms with van der Waals surface area (Å²) in [6.45, 7) is 6.08. The topological polar surface area (TPSA) is 68.5 Å². The molecule has 0 spiro atoms. The zero-order chi connectivity index (χ0) is 12.3. The maximum Gasteiger partial charge on any atom is 0.231 e. The molecule has 94 valence electrons. The highest BCUT2D eigenvalue weighted by Gasteiger charge is 2.23. The molecule has 1 heterocycles. The van der Waals surface area contributed by atoms with Crippen molar-refractivity contribution < 1.29 is 9.47 Å². The predicted molar refractivity (Wildman–Crippen MR) is 65.8 cm³/mol. The number of nitrogens with one attached hydrogen (secondary N) is 2. The Bertz CT molecular complexity index is 393. The van der Waals surface area contributed by atoms with Crippen molar-refractivity contribution in [2.24, 2.45) is 5.84 Å². The second-order valence-corrected chi connectivity index (χ2v) is 4.76. The molecule has 0 fully saturated rings. The van der Waals surface area contributed by atoms with E-state index in [1.165, 1.54) is 5.56 Å². The van der Waals surface area contributed by atoms with Gasteiger partial charge in [-0.3, -0.25) is 5.84 Å². The predicted octanol–water partition coefficient (Wildman–Crippen LogP) is 0.703. The fourth-order valence-corrected chi connectivity index (χ4v) is 1.87. The zero-order valence-electron chi connectivity index (χ0n) is 10.2. The van der Waals surface area contributed by atoms with Crippen LogP contribution in [-0.4, -0.2) is 20.0 Å². The van der Waals surface area contributed by atoms with Crippen LogP contribution in [-0.2, 0) is 5.41 Å². The standard InChI is InChI=1S/C12H19N3O2/c1-12(2,6-14-7-15-13)9-3-4-10-11(5-9)17-8-16-10/h3-5,14-15H,6-8,13H2,1-2H3. The summed E-state index contributed by atoms with van der Waals surface area (Å²) in [5.41, 5.74) is 3.80. The third-order valence-electron chi connectivity index (χ3n) is 2.95. The normalized spacial score (nSPS) is 14.1. The van der Waals surface area contributed by atoms with Crippen molar-refractivity contribution in [2.45, 2.75) is 19.3 Å². The van der Waals surface area contributed by atoms with Crippen molar-refractivity contribution in [3.05, 3.63) is 23.8 Å². The molecule has 0 saturated carbocycles. The maximum absolute atomic E-state index is 5.38. The number of benzene rings is 1.